The van der Waals surface area contributed by atoms with Crippen LogP contribution in [0.25, 0.3) is 0 Å². The smallest absolute Gasteiger partial charge is 0.233 e. The van der Waals surface area contributed by atoms with Gasteiger partial charge in [0.1, 0.15) is 0 Å². The van der Waals surface area contributed by atoms with Gasteiger partial charge in [0.25, 0.3) is 0 Å². The highest BCUT2D eigenvalue weighted by Crippen LogP contribution is 2.40. The number of fused-ring (bicyclic) bond motifs is 1. The fourth-order valence-corrected chi connectivity index (χ4v) is 3.35. The van der Waals surface area contributed by atoms with Gasteiger partial charge in [-0.2, -0.15) is 0 Å². The topological polar surface area (TPSA) is 40.6 Å². The van der Waals surface area contributed by atoms with Crippen LogP contribution in [0.5, 0.6) is 0 Å². The number of nitrogens with zero attached hydrogens (tertiary/aromatic N) is 2. The molecule has 0 aromatic carbocycles. The molecule has 4 nitrogen and oxygen atoms in total. The van der Waals surface area contributed by atoms with Crippen molar-refractivity contribution in [2.24, 2.45) is 17.8 Å². The summed E-state index contributed by atoms with van der Waals surface area (Å²) in [5.41, 5.74) is 1.24. The molecule has 0 aromatic rings. The molecule has 1 fully saturated rings. The van der Waals surface area contributed by atoms with Crippen molar-refractivity contribution in [1.82, 2.24) is 9.80 Å². The Morgan fingerprint density at radius 2 is 2.00 bits per heavy atom. The van der Waals surface area contributed by atoms with Crippen molar-refractivity contribution < 1.29 is 9.59 Å². The number of hydrogen-bond acceptors (Lipinski definition) is 3. The minimum absolute atomic E-state index is 0.0463. The molecule has 3 atom stereocenters. The fourth-order valence-electron chi connectivity index (χ4n) is 3.35. The molecule has 0 aromatic heterocycles. The van der Waals surface area contributed by atoms with Crippen LogP contribution >= 0.6 is 0 Å². The number of hydrogen-bond donors (Lipinski definition) is 0. The van der Waals surface area contributed by atoms with Crippen LogP contribution in [-0.2, 0) is 9.59 Å². The molecular weight excluding hydrogens is 240 g/mol. The molecule has 0 unspecified atom stereocenters. The van der Waals surface area contributed by atoms with Crippen molar-refractivity contribution in [2.75, 3.05) is 27.2 Å². The Morgan fingerprint density at radius 1 is 1.32 bits per heavy atom. The fraction of sp³-hybridized carbons (Fsp3) is 0.733. The summed E-state index contributed by atoms with van der Waals surface area (Å²) in [6.45, 7) is 5.57. The van der Waals surface area contributed by atoms with E-state index in [4.69, 9.17) is 0 Å². The van der Waals surface area contributed by atoms with E-state index in [1.165, 1.54) is 10.5 Å². The molecule has 0 spiro atoms. The Balaban J connectivity index is 2.06. The SMILES string of the molecule is CC1=C[C@H](C)[C@@H]2C(=O)N(CCCN(C)C)C(=O)[C@H]2C1. The van der Waals surface area contributed by atoms with Gasteiger partial charge in [-0.3, -0.25) is 14.5 Å². The molecule has 19 heavy (non-hydrogen) atoms. The number of imide groups is 1. The molecule has 1 aliphatic carbocycles. The molecular formula is C15H24N2O2. The van der Waals surface area contributed by atoms with Crippen molar-refractivity contribution in [1.29, 1.82) is 0 Å². The Labute approximate surface area is 115 Å². The van der Waals surface area contributed by atoms with Gasteiger partial charge in [-0.25, -0.2) is 0 Å². The predicted molar refractivity (Wildman–Crippen MR) is 74.4 cm³/mol. The summed E-state index contributed by atoms with van der Waals surface area (Å²) < 4.78 is 0. The predicted octanol–water partition coefficient (Wildman–Crippen LogP) is 1.53. The van der Waals surface area contributed by atoms with Crippen molar-refractivity contribution in [3.63, 3.8) is 0 Å². The summed E-state index contributed by atoms with van der Waals surface area (Å²) in [4.78, 5) is 28.4. The summed E-state index contributed by atoms with van der Waals surface area (Å²) >= 11 is 0. The maximum Gasteiger partial charge on any atom is 0.233 e. The molecule has 0 N–H and O–H groups in total. The molecule has 4 heteroatoms. The van der Waals surface area contributed by atoms with Crippen LogP contribution in [0.3, 0.4) is 0 Å². The zero-order valence-corrected chi connectivity index (χ0v) is 12.3. The Bertz CT molecular complexity index is 414. The molecule has 1 saturated heterocycles. The van der Waals surface area contributed by atoms with Gasteiger partial charge in [-0.15, -0.1) is 0 Å². The average Bonchev–Trinajstić information content (AvgIpc) is 2.53. The quantitative estimate of drug-likeness (QED) is 0.571. The molecule has 0 saturated carbocycles. The van der Waals surface area contributed by atoms with Crippen LogP contribution in [0.4, 0.5) is 0 Å². The Kier molecular flexibility index (Phi) is 4.09. The molecule has 106 valence electrons. The van der Waals surface area contributed by atoms with E-state index in [9.17, 15) is 9.59 Å². The highest BCUT2D eigenvalue weighted by Gasteiger charge is 2.50. The normalized spacial score (nSPS) is 30.9. The summed E-state index contributed by atoms with van der Waals surface area (Å²) in [5, 5.41) is 0. The molecule has 2 amide bonds. The lowest BCUT2D eigenvalue weighted by Gasteiger charge is -2.25. The summed E-state index contributed by atoms with van der Waals surface area (Å²) in [7, 11) is 4.01. The second-order valence-electron chi connectivity index (χ2n) is 6.19. The average molecular weight is 264 g/mol. The molecule has 1 heterocycles. The van der Waals surface area contributed by atoms with E-state index in [0.717, 1.165) is 19.4 Å². The van der Waals surface area contributed by atoms with E-state index in [2.05, 4.69) is 24.8 Å². The van der Waals surface area contributed by atoms with Gasteiger partial charge in [-0.05, 0) is 46.3 Å². The van der Waals surface area contributed by atoms with E-state index in [1.54, 1.807) is 0 Å². The number of carbonyl (C=O) groups is 2. The van der Waals surface area contributed by atoms with E-state index < -0.39 is 0 Å². The first-order valence-electron chi connectivity index (χ1n) is 7.09. The van der Waals surface area contributed by atoms with Crippen LogP contribution in [0.15, 0.2) is 11.6 Å². The standard InChI is InChI=1S/C15H24N2O2/c1-10-8-11(2)13-12(9-10)14(18)17(15(13)19)7-5-6-16(3)4/h8,11-13H,5-7,9H2,1-4H3/t11-,12-,13-/m0/s1. The number of allylic oxidation sites excluding steroid dienone is 2. The van der Waals surface area contributed by atoms with E-state index in [-0.39, 0.29) is 29.6 Å². The molecule has 0 radical (unpaired) electrons. The monoisotopic (exact) mass is 264 g/mol. The third-order valence-electron chi connectivity index (χ3n) is 4.21. The van der Waals surface area contributed by atoms with Crippen LogP contribution in [0.1, 0.15) is 26.7 Å². The van der Waals surface area contributed by atoms with Crippen molar-refractivity contribution in [2.45, 2.75) is 26.7 Å². The number of carbonyl (C=O) groups excluding carboxylic acids is 2. The Morgan fingerprint density at radius 3 is 2.63 bits per heavy atom. The van der Waals surface area contributed by atoms with Gasteiger partial charge >= 0.3 is 0 Å². The Hall–Kier alpha value is -1.16. The molecule has 1 aliphatic heterocycles. The molecule has 2 rings (SSSR count). The molecule has 2 aliphatic rings. The van der Waals surface area contributed by atoms with E-state index >= 15 is 0 Å². The lowest BCUT2D eigenvalue weighted by molar-refractivity contribution is -0.140. The van der Waals surface area contributed by atoms with Crippen molar-refractivity contribution >= 4 is 11.8 Å². The minimum Gasteiger partial charge on any atom is -0.309 e. The lowest BCUT2D eigenvalue weighted by Crippen LogP contribution is -2.34. The van der Waals surface area contributed by atoms with Crippen LogP contribution in [0, 0.1) is 17.8 Å². The van der Waals surface area contributed by atoms with E-state index in [0.29, 0.717) is 6.54 Å². The summed E-state index contributed by atoms with van der Waals surface area (Å²) in [5.74, 6) is 0.0644. The molecule has 0 bridgehead atoms. The van der Waals surface area contributed by atoms with Gasteiger partial charge in [0.2, 0.25) is 11.8 Å². The second kappa shape index (κ2) is 5.45. The lowest BCUT2D eigenvalue weighted by atomic mass is 9.76. The third-order valence-corrected chi connectivity index (χ3v) is 4.21. The second-order valence-corrected chi connectivity index (χ2v) is 6.19. The zero-order chi connectivity index (χ0) is 14.2. The van der Waals surface area contributed by atoms with Gasteiger partial charge < -0.3 is 4.90 Å². The first-order chi connectivity index (χ1) is 8.91. The van der Waals surface area contributed by atoms with Gasteiger partial charge in [0.05, 0.1) is 11.8 Å². The van der Waals surface area contributed by atoms with Crippen molar-refractivity contribution in [3.8, 4) is 0 Å². The zero-order valence-electron chi connectivity index (χ0n) is 12.3. The van der Waals surface area contributed by atoms with Gasteiger partial charge in [-0.1, -0.05) is 18.6 Å². The largest absolute Gasteiger partial charge is 0.309 e. The van der Waals surface area contributed by atoms with Gasteiger partial charge in [0, 0.05) is 6.54 Å². The van der Waals surface area contributed by atoms with Crippen LogP contribution in [0.2, 0.25) is 0 Å². The van der Waals surface area contributed by atoms with Gasteiger partial charge in [0.15, 0.2) is 0 Å². The van der Waals surface area contributed by atoms with Crippen LogP contribution < -0.4 is 0 Å². The van der Waals surface area contributed by atoms with Crippen molar-refractivity contribution in [3.05, 3.63) is 11.6 Å². The summed E-state index contributed by atoms with van der Waals surface area (Å²) in [6, 6.07) is 0. The minimum atomic E-state index is -0.115. The number of amides is 2. The maximum absolute atomic E-state index is 12.4. The van der Waals surface area contributed by atoms with Crippen LogP contribution in [-0.4, -0.2) is 48.8 Å². The maximum atomic E-state index is 12.4. The number of likely N-dealkylation sites (tertiary alicyclic amines) is 1. The highest BCUT2D eigenvalue weighted by molar-refractivity contribution is 6.05. The first kappa shape index (κ1) is 14.3. The third kappa shape index (κ3) is 2.73. The highest BCUT2D eigenvalue weighted by atomic mass is 16.2. The summed E-state index contributed by atoms with van der Waals surface area (Å²) in [6.07, 6.45) is 3.75. The van der Waals surface area contributed by atoms with E-state index in [1.807, 2.05) is 14.1 Å². The number of rotatable bonds is 4. The first-order valence-corrected chi connectivity index (χ1v) is 7.09.